The van der Waals surface area contributed by atoms with Gasteiger partial charge < -0.3 is 24.9 Å². The summed E-state index contributed by atoms with van der Waals surface area (Å²) in [6, 6.07) is 0. The van der Waals surface area contributed by atoms with Gasteiger partial charge in [-0.2, -0.15) is 0 Å². The lowest BCUT2D eigenvalue weighted by Crippen LogP contribution is -2.24. The predicted molar refractivity (Wildman–Crippen MR) is 122 cm³/mol. The summed E-state index contributed by atoms with van der Waals surface area (Å²) < 4.78 is 25.5. The Hall–Kier alpha value is -0.540. The first-order valence-corrected chi connectivity index (χ1v) is 13.5. The topological polar surface area (TPSA) is 143 Å². The Morgan fingerprint density at radius 2 is 1.19 bits per heavy atom. The van der Waals surface area contributed by atoms with Crippen LogP contribution in [0.1, 0.15) is 96.8 Å². The molecule has 0 heterocycles. The molecule has 0 saturated heterocycles. The van der Waals surface area contributed by atoms with Gasteiger partial charge in [0.2, 0.25) is 0 Å². The molecule has 9 nitrogen and oxygen atoms in total. The van der Waals surface area contributed by atoms with Gasteiger partial charge >= 0.3 is 13.8 Å². The van der Waals surface area contributed by atoms with Gasteiger partial charge in [0.15, 0.2) is 0 Å². The molecule has 0 aromatic carbocycles. The minimum absolute atomic E-state index is 0.270. The van der Waals surface area contributed by atoms with Crippen LogP contribution in [0.4, 0.5) is 0 Å². The minimum Gasteiger partial charge on any atom is -0.463 e. The maximum absolute atomic E-state index is 11.7. The van der Waals surface area contributed by atoms with Gasteiger partial charge in [-0.3, -0.25) is 13.8 Å². The molecule has 4 N–H and O–H groups in total. The molecule has 1 unspecified atom stereocenters. The van der Waals surface area contributed by atoms with E-state index in [1.807, 2.05) is 0 Å². The highest BCUT2D eigenvalue weighted by Gasteiger charge is 2.24. The molecular formula is C22H45O9P. The van der Waals surface area contributed by atoms with Crippen molar-refractivity contribution in [2.45, 2.75) is 109 Å². The first-order chi connectivity index (χ1) is 15.3. The van der Waals surface area contributed by atoms with Crippen LogP contribution in [0.5, 0.6) is 0 Å². The largest absolute Gasteiger partial charge is 0.472 e. The Labute approximate surface area is 193 Å². The Morgan fingerprint density at radius 1 is 0.750 bits per heavy atom. The first kappa shape index (κ1) is 31.5. The summed E-state index contributed by atoms with van der Waals surface area (Å²) >= 11 is 0. The molecule has 3 atom stereocenters. The quantitative estimate of drug-likeness (QED) is 0.0965. The molecule has 0 bridgehead atoms. The van der Waals surface area contributed by atoms with Gasteiger partial charge in [-0.05, 0) is 6.42 Å². The molecule has 0 radical (unpaired) electrons. The summed E-state index contributed by atoms with van der Waals surface area (Å²) in [5.41, 5.74) is 0. The van der Waals surface area contributed by atoms with Gasteiger partial charge in [-0.1, -0.05) is 84.0 Å². The van der Waals surface area contributed by atoms with Crippen molar-refractivity contribution < 1.29 is 43.4 Å². The zero-order chi connectivity index (χ0) is 24.1. The molecule has 0 rings (SSSR count). The van der Waals surface area contributed by atoms with Crippen LogP contribution in [-0.2, 0) is 23.1 Å². The van der Waals surface area contributed by atoms with Crippen molar-refractivity contribution in [3.05, 3.63) is 0 Å². The molecule has 32 heavy (non-hydrogen) atoms. The maximum Gasteiger partial charge on any atom is 0.472 e. The number of unbranched alkanes of at least 4 members (excludes halogenated alkanes) is 12. The van der Waals surface area contributed by atoms with Crippen LogP contribution in [0.3, 0.4) is 0 Å². The summed E-state index contributed by atoms with van der Waals surface area (Å²) in [5.74, 6) is -0.429. The highest BCUT2D eigenvalue weighted by atomic mass is 31.2. The van der Waals surface area contributed by atoms with E-state index in [2.05, 4.69) is 16.0 Å². The average Bonchev–Trinajstić information content (AvgIpc) is 2.77. The summed E-state index contributed by atoms with van der Waals surface area (Å²) in [4.78, 5) is 21.1. The normalized spacial score (nSPS) is 15.3. The molecule has 0 aliphatic heterocycles. The van der Waals surface area contributed by atoms with Gasteiger partial charge in [0.05, 0.1) is 19.8 Å². The molecule has 0 spiro atoms. The van der Waals surface area contributed by atoms with E-state index in [0.29, 0.717) is 0 Å². The first-order valence-electron chi connectivity index (χ1n) is 12.0. The predicted octanol–water partition coefficient (Wildman–Crippen LogP) is 3.86. The third-order valence-corrected chi connectivity index (χ3v) is 5.94. The van der Waals surface area contributed by atoms with Crippen LogP contribution < -0.4 is 0 Å². The number of rotatable bonds is 23. The van der Waals surface area contributed by atoms with E-state index in [9.17, 15) is 19.4 Å². The van der Waals surface area contributed by atoms with Crippen molar-refractivity contribution in [2.24, 2.45) is 0 Å². The van der Waals surface area contributed by atoms with Gasteiger partial charge in [-0.15, -0.1) is 0 Å². The Balaban J connectivity index is 3.54. The molecule has 0 aliphatic carbocycles. The van der Waals surface area contributed by atoms with E-state index in [0.717, 1.165) is 19.3 Å². The van der Waals surface area contributed by atoms with Crippen molar-refractivity contribution >= 4 is 13.8 Å². The summed E-state index contributed by atoms with van der Waals surface area (Å²) in [6.07, 6.45) is 13.5. The van der Waals surface area contributed by atoms with Gasteiger partial charge in [0, 0.05) is 6.42 Å². The number of phosphoric ester groups is 1. The second kappa shape index (κ2) is 21.0. The number of aliphatic hydroxyl groups excluding tert-OH is 3. The lowest BCUT2D eigenvalue weighted by Gasteiger charge is -2.16. The highest BCUT2D eigenvalue weighted by molar-refractivity contribution is 7.47. The van der Waals surface area contributed by atoms with Gasteiger partial charge in [0.25, 0.3) is 0 Å². The molecule has 192 valence electrons. The molecule has 10 heteroatoms. The van der Waals surface area contributed by atoms with E-state index in [1.165, 1.54) is 64.2 Å². The molecule has 0 amide bonds. The smallest absolute Gasteiger partial charge is 0.463 e. The number of hydrogen-bond donors (Lipinski definition) is 4. The SMILES string of the molecule is CCCCCCCCCCCCCCCC(=O)OC[C@H](O)COP(=O)(O)OC[C@@H](O)CO. The van der Waals surface area contributed by atoms with Crippen molar-refractivity contribution in [3.63, 3.8) is 0 Å². The van der Waals surface area contributed by atoms with Gasteiger partial charge in [0.1, 0.15) is 18.8 Å². The van der Waals surface area contributed by atoms with Crippen molar-refractivity contribution in [2.75, 3.05) is 26.4 Å². The standard InChI is InChI=1S/C22H45O9P/c1-2-3-4-5-6-7-8-9-10-11-12-13-14-15-22(26)29-17-21(25)19-31-32(27,28)30-18-20(24)16-23/h20-21,23-25H,2-19H2,1H3,(H,27,28)/t20-,21-/m0/s1. The van der Waals surface area contributed by atoms with Crippen molar-refractivity contribution in [1.82, 2.24) is 0 Å². The molecule has 0 fully saturated rings. The molecule has 0 saturated carbocycles. The van der Waals surface area contributed by atoms with Crippen LogP contribution >= 0.6 is 7.82 Å². The van der Waals surface area contributed by atoms with Crippen molar-refractivity contribution in [3.8, 4) is 0 Å². The summed E-state index contributed by atoms with van der Waals surface area (Å²) in [5, 5.41) is 27.4. The molecule has 0 aromatic heterocycles. The number of hydrogen-bond acceptors (Lipinski definition) is 8. The van der Waals surface area contributed by atoms with E-state index in [4.69, 9.17) is 14.9 Å². The summed E-state index contributed by atoms with van der Waals surface area (Å²) in [7, 11) is -4.48. The molecular weight excluding hydrogens is 439 g/mol. The zero-order valence-electron chi connectivity index (χ0n) is 19.7. The Morgan fingerprint density at radius 3 is 1.66 bits per heavy atom. The number of ether oxygens (including phenoxy) is 1. The van der Waals surface area contributed by atoms with Crippen LogP contribution in [0, 0.1) is 0 Å². The van der Waals surface area contributed by atoms with Crippen LogP contribution in [0.2, 0.25) is 0 Å². The number of carbonyl (C=O) groups is 1. The zero-order valence-corrected chi connectivity index (χ0v) is 20.6. The lowest BCUT2D eigenvalue weighted by molar-refractivity contribution is -0.147. The Bertz CT molecular complexity index is 490. The minimum atomic E-state index is -4.48. The fraction of sp³-hybridized carbons (Fsp3) is 0.955. The number of aliphatic hydroxyl groups is 3. The fourth-order valence-electron chi connectivity index (χ4n) is 3.05. The van der Waals surface area contributed by atoms with Gasteiger partial charge in [-0.25, -0.2) is 4.57 Å². The summed E-state index contributed by atoms with van der Waals surface area (Å²) in [6.45, 7) is 0.0932. The lowest BCUT2D eigenvalue weighted by atomic mass is 10.0. The van der Waals surface area contributed by atoms with Crippen molar-refractivity contribution in [1.29, 1.82) is 0 Å². The Kier molecular flexibility index (Phi) is 20.7. The second-order valence-corrected chi connectivity index (χ2v) is 9.68. The van der Waals surface area contributed by atoms with E-state index < -0.39 is 45.8 Å². The van der Waals surface area contributed by atoms with Crippen LogP contribution in [0.15, 0.2) is 0 Å². The fourth-order valence-corrected chi connectivity index (χ4v) is 3.84. The number of esters is 1. The maximum atomic E-state index is 11.7. The highest BCUT2D eigenvalue weighted by Crippen LogP contribution is 2.43. The number of phosphoric acid groups is 1. The second-order valence-electron chi connectivity index (χ2n) is 8.23. The van der Waals surface area contributed by atoms with Crippen LogP contribution in [0.25, 0.3) is 0 Å². The number of carbonyl (C=O) groups excluding carboxylic acids is 1. The van der Waals surface area contributed by atoms with Crippen LogP contribution in [-0.4, -0.2) is 64.8 Å². The monoisotopic (exact) mass is 484 g/mol. The third-order valence-electron chi connectivity index (χ3n) is 4.99. The average molecular weight is 485 g/mol. The molecule has 0 aromatic rings. The van der Waals surface area contributed by atoms with E-state index >= 15 is 0 Å². The van der Waals surface area contributed by atoms with E-state index in [1.54, 1.807) is 0 Å². The van der Waals surface area contributed by atoms with E-state index in [-0.39, 0.29) is 13.0 Å². The molecule has 0 aliphatic rings. The third kappa shape index (κ3) is 21.3.